The fourth-order valence-electron chi connectivity index (χ4n) is 3.71. The summed E-state index contributed by atoms with van der Waals surface area (Å²) in [4.78, 5) is 29.8. The van der Waals surface area contributed by atoms with Crippen LogP contribution < -0.4 is 10.5 Å². The van der Waals surface area contributed by atoms with E-state index in [1.807, 2.05) is 87.6 Å². The number of thioether (sulfide) groups is 1. The van der Waals surface area contributed by atoms with Crippen molar-refractivity contribution >= 4 is 23.4 Å². The average molecular weight is 493 g/mol. The molecule has 182 valence electrons. The van der Waals surface area contributed by atoms with Crippen molar-refractivity contribution in [2.24, 2.45) is 7.05 Å². The molecule has 0 aliphatic heterocycles. The van der Waals surface area contributed by atoms with E-state index in [0.717, 1.165) is 16.9 Å². The molecular weight excluding hydrogens is 464 g/mol. The Kier molecular flexibility index (Phi) is 7.06. The van der Waals surface area contributed by atoms with Gasteiger partial charge in [0.2, 0.25) is 11.1 Å². The van der Waals surface area contributed by atoms with Gasteiger partial charge in [0.15, 0.2) is 5.69 Å². The van der Waals surface area contributed by atoms with E-state index in [1.165, 1.54) is 16.4 Å². The summed E-state index contributed by atoms with van der Waals surface area (Å²) in [6, 6.07) is 17.5. The minimum atomic E-state index is -0.241. The van der Waals surface area contributed by atoms with Gasteiger partial charge in [0, 0.05) is 40.4 Å². The van der Waals surface area contributed by atoms with Crippen LogP contribution in [0.2, 0.25) is 0 Å². The minimum absolute atomic E-state index is 0.0623. The first kappa shape index (κ1) is 24.3. The van der Waals surface area contributed by atoms with Gasteiger partial charge in [-0.25, -0.2) is 4.68 Å². The Bertz CT molecular complexity index is 1370. The van der Waals surface area contributed by atoms with E-state index in [0.29, 0.717) is 23.1 Å². The molecule has 1 amide bonds. The molecule has 2 heterocycles. The maximum atomic E-state index is 13.3. The lowest BCUT2D eigenvalue weighted by molar-refractivity contribution is -0.127. The Morgan fingerprint density at radius 3 is 2.37 bits per heavy atom. The van der Waals surface area contributed by atoms with Crippen molar-refractivity contribution < 1.29 is 4.79 Å². The lowest BCUT2D eigenvalue weighted by Gasteiger charge is -2.18. The number of rotatable bonds is 8. The van der Waals surface area contributed by atoms with Crippen molar-refractivity contribution in [1.29, 1.82) is 0 Å². The highest BCUT2D eigenvalue weighted by Crippen LogP contribution is 2.21. The highest BCUT2D eigenvalue weighted by molar-refractivity contribution is 7.99. The molecule has 2 aromatic heterocycles. The summed E-state index contributed by atoms with van der Waals surface area (Å²) in [5.74, 6) is 0.0820. The van der Waals surface area contributed by atoms with Gasteiger partial charge in [-0.1, -0.05) is 42.1 Å². The third-order valence-electron chi connectivity index (χ3n) is 5.80. The fourth-order valence-corrected chi connectivity index (χ4v) is 4.52. The fraction of sp³-hybridized carbons (Fsp3) is 0.292. The number of anilines is 1. The zero-order chi connectivity index (χ0) is 25.1. The van der Waals surface area contributed by atoms with E-state index in [4.69, 9.17) is 0 Å². The molecule has 0 bridgehead atoms. The number of aromatic nitrogens is 6. The topological polar surface area (TPSA) is 94.1 Å². The highest BCUT2D eigenvalue weighted by atomic mass is 32.2. The molecule has 0 unspecified atom stereocenters. The zero-order valence-electron chi connectivity index (χ0n) is 20.4. The van der Waals surface area contributed by atoms with E-state index in [9.17, 15) is 9.59 Å². The van der Waals surface area contributed by atoms with Crippen molar-refractivity contribution in [2.75, 3.05) is 31.8 Å². The summed E-state index contributed by atoms with van der Waals surface area (Å²) in [5.41, 5.74) is 3.71. The molecule has 0 radical (unpaired) electrons. The predicted molar refractivity (Wildman–Crippen MR) is 136 cm³/mol. The molecule has 0 aliphatic carbocycles. The molecule has 0 spiro atoms. The molecule has 35 heavy (non-hydrogen) atoms. The second kappa shape index (κ2) is 10.2. The van der Waals surface area contributed by atoms with Crippen molar-refractivity contribution in [2.45, 2.75) is 18.6 Å². The lowest BCUT2D eigenvalue weighted by Crippen LogP contribution is -2.28. The first-order valence-corrected chi connectivity index (χ1v) is 12.0. The van der Waals surface area contributed by atoms with Gasteiger partial charge >= 0.3 is 0 Å². The second-order valence-corrected chi connectivity index (χ2v) is 9.33. The third kappa shape index (κ3) is 4.99. The summed E-state index contributed by atoms with van der Waals surface area (Å²) in [5, 5.41) is 12.3. The standard InChI is InChI=1S/C24H28N8O2S/c1-17-22(23(34)32(30(17)5)20-9-7-6-8-10-20)31-24(25-26-27-31)35-16-21(33)29(4)15-18-11-13-19(14-12-18)28(2)3/h6-14H,15-16H2,1-5H3. The number of benzene rings is 2. The molecule has 0 N–H and O–H groups in total. The van der Waals surface area contributed by atoms with Gasteiger partial charge in [-0.15, -0.1) is 5.10 Å². The van der Waals surface area contributed by atoms with E-state index in [-0.39, 0.29) is 17.2 Å². The largest absolute Gasteiger partial charge is 0.378 e. The summed E-state index contributed by atoms with van der Waals surface area (Å²) < 4.78 is 4.75. The van der Waals surface area contributed by atoms with Crippen LogP contribution in [0.15, 0.2) is 64.5 Å². The molecule has 10 nitrogen and oxygen atoms in total. The van der Waals surface area contributed by atoms with Crippen LogP contribution in [-0.4, -0.2) is 67.3 Å². The first-order chi connectivity index (χ1) is 16.8. The smallest absolute Gasteiger partial charge is 0.297 e. The van der Waals surface area contributed by atoms with Gasteiger partial charge in [0.25, 0.3) is 5.56 Å². The van der Waals surface area contributed by atoms with Gasteiger partial charge in [0.1, 0.15) is 0 Å². The Labute approximate surface area is 207 Å². The maximum Gasteiger partial charge on any atom is 0.297 e. The number of hydrogen-bond donors (Lipinski definition) is 0. The van der Waals surface area contributed by atoms with Gasteiger partial charge in [-0.2, -0.15) is 4.68 Å². The Hall–Kier alpha value is -3.86. The first-order valence-electron chi connectivity index (χ1n) is 11.0. The van der Waals surface area contributed by atoms with Gasteiger partial charge in [0.05, 0.1) is 17.1 Å². The summed E-state index contributed by atoms with van der Waals surface area (Å²) in [6.07, 6.45) is 0. The normalized spacial score (nSPS) is 11.0. The van der Waals surface area contributed by atoms with Crippen LogP contribution in [0.4, 0.5) is 5.69 Å². The number of carbonyl (C=O) groups is 1. The van der Waals surface area contributed by atoms with Gasteiger partial charge in [-0.3, -0.25) is 14.3 Å². The molecule has 4 aromatic rings. The number of nitrogens with zero attached hydrogens (tertiary/aromatic N) is 8. The maximum absolute atomic E-state index is 13.3. The van der Waals surface area contributed by atoms with Crippen molar-refractivity contribution in [3.63, 3.8) is 0 Å². The zero-order valence-corrected chi connectivity index (χ0v) is 21.2. The van der Waals surface area contributed by atoms with Crippen LogP contribution in [0.25, 0.3) is 11.4 Å². The number of tetrazole rings is 1. The third-order valence-corrected chi connectivity index (χ3v) is 6.70. The molecule has 4 rings (SSSR count). The van der Waals surface area contributed by atoms with Crippen LogP contribution in [0, 0.1) is 6.92 Å². The van der Waals surface area contributed by atoms with Crippen molar-refractivity contribution in [1.82, 2.24) is 34.5 Å². The summed E-state index contributed by atoms with van der Waals surface area (Å²) in [6.45, 7) is 2.34. The van der Waals surface area contributed by atoms with Crippen LogP contribution in [0.1, 0.15) is 11.3 Å². The van der Waals surface area contributed by atoms with Crippen molar-refractivity contribution in [3.05, 3.63) is 76.2 Å². The summed E-state index contributed by atoms with van der Waals surface area (Å²) >= 11 is 1.20. The monoisotopic (exact) mass is 492 g/mol. The predicted octanol–water partition coefficient (Wildman–Crippen LogP) is 2.28. The van der Waals surface area contributed by atoms with Crippen LogP contribution >= 0.6 is 11.8 Å². The SMILES string of the molecule is Cc1c(-n2nnnc2SCC(=O)N(C)Cc2ccc(N(C)C)cc2)c(=O)n(-c2ccccc2)n1C. The number of carbonyl (C=O) groups excluding carboxylic acids is 1. The Balaban J connectivity index is 1.49. The van der Waals surface area contributed by atoms with Crippen molar-refractivity contribution in [3.8, 4) is 11.4 Å². The second-order valence-electron chi connectivity index (χ2n) is 8.38. The quantitative estimate of drug-likeness (QED) is 0.348. The van der Waals surface area contributed by atoms with Crippen LogP contribution in [-0.2, 0) is 18.4 Å². The Morgan fingerprint density at radius 1 is 1.03 bits per heavy atom. The van der Waals surface area contributed by atoms with E-state index >= 15 is 0 Å². The lowest BCUT2D eigenvalue weighted by atomic mass is 10.2. The molecule has 0 fully saturated rings. The highest BCUT2D eigenvalue weighted by Gasteiger charge is 2.22. The van der Waals surface area contributed by atoms with Crippen LogP contribution in [0.5, 0.6) is 0 Å². The summed E-state index contributed by atoms with van der Waals surface area (Å²) in [7, 11) is 7.56. The minimum Gasteiger partial charge on any atom is -0.378 e. The molecular formula is C24H28N8O2S. The molecule has 11 heteroatoms. The number of para-hydroxylation sites is 1. The van der Waals surface area contributed by atoms with E-state index in [2.05, 4.69) is 15.5 Å². The number of amides is 1. The van der Waals surface area contributed by atoms with Gasteiger partial charge in [-0.05, 0) is 47.2 Å². The molecule has 0 aliphatic rings. The van der Waals surface area contributed by atoms with Gasteiger partial charge < -0.3 is 9.80 Å². The Morgan fingerprint density at radius 2 is 1.71 bits per heavy atom. The average Bonchev–Trinajstić information content (AvgIpc) is 3.39. The van der Waals surface area contributed by atoms with E-state index in [1.54, 1.807) is 21.3 Å². The van der Waals surface area contributed by atoms with Crippen LogP contribution in [0.3, 0.4) is 0 Å². The molecule has 0 saturated carbocycles. The number of hydrogen-bond acceptors (Lipinski definition) is 7. The molecule has 0 atom stereocenters. The van der Waals surface area contributed by atoms with E-state index < -0.39 is 0 Å². The molecule has 0 saturated heterocycles. The molecule has 2 aromatic carbocycles.